The summed E-state index contributed by atoms with van der Waals surface area (Å²) in [5, 5.41) is 4.24. The van der Waals surface area contributed by atoms with E-state index < -0.39 is 6.09 Å². The summed E-state index contributed by atoms with van der Waals surface area (Å²) in [6, 6.07) is 24.4. The van der Waals surface area contributed by atoms with Gasteiger partial charge in [-0.1, -0.05) is 36.4 Å². The van der Waals surface area contributed by atoms with E-state index >= 15 is 0 Å². The number of amides is 1. The van der Waals surface area contributed by atoms with Crippen molar-refractivity contribution in [2.45, 2.75) is 0 Å². The minimum atomic E-state index is -0.518. The van der Waals surface area contributed by atoms with Crippen molar-refractivity contribution in [2.24, 2.45) is 5.84 Å². The van der Waals surface area contributed by atoms with Gasteiger partial charge in [-0.05, 0) is 60.2 Å². The minimum absolute atomic E-state index is 0.187. The van der Waals surface area contributed by atoms with E-state index in [9.17, 15) is 4.79 Å². The number of carbonyl (C=O) groups excluding carboxylic acids is 1. The Kier molecular flexibility index (Phi) is 6.86. The molecule has 0 saturated carbocycles. The summed E-state index contributed by atoms with van der Waals surface area (Å²) in [5.41, 5.74) is 3.26. The molecule has 148 valence electrons. The van der Waals surface area contributed by atoms with E-state index in [4.69, 9.17) is 15.3 Å². The third-order valence-electron chi connectivity index (χ3n) is 4.16. The number of ether oxygens (including phenoxy) is 2. The van der Waals surface area contributed by atoms with E-state index in [2.05, 4.69) is 5.32 Å². The fourth-order valence-electron chi connectivity index (χ4n) is 2.62. The Bertz CT molecular complexity index is 939. The molecule has 3 rings (SSSR count). The first-order chi connectivity index (χ1) is 14.2. The van der Waals surface area contributed by atoms with Gasteiger partial charge in [0.2, 0.25) is 0 Å². The zero-order valence-electron chi connectivity index (χ0n) is 16.1. The third kappa shape index (κ3) is 5.85. The van der Waals surface area contributed by atoms with Gasteiger partial charge in [0.15, 0.2) is 0 Å². The van der Waals surface area contributed by atoms with Crippen molar-refractivity contribution >= 4 is 29.2 Å². The van der Waals surface area contributed by atoms with Crippen molar-refractivity contribution in [1.82, 2.24) is 0 Å². The van der Waals surface area contributed by atoms with Gasteiger partial charge < -0.3 is 9.47 Å². The predicted octanol–water partition coefficient (Wildman–Crippen LogP) is 4.97. The average Bonchev–Trinajstić information content (AvgIpc) is 2.77. The summed E-state index contributed by atoms with van der Waals surface area (Å²) in [4.78, 5) is 11.9. The lowest BCUT2D eigenvalue weighted by atomic mass is 10.2. The quantitative estimate of drug-likeness (QED) is 0.441. The molecule has 0 spiro atoms. The summed E-state index contributed by atoms with van der Waals surface area (Å²) in [6.45, 7) is 0.187. The maximum absolute atomic E-state index is 11.9. The number of methoxy groups -OCH3 is 1. The van der Waals surface area contributed by atoms with Crippen LogP contribution in [0, 0.1) is 0 Å². The first-order valence-corrected chi connectivity index (χ1v) is 9.10. The number of hydrogen-bond acceptors (Lipinski definition) is 5. The number of rotatable bonds is 7. The Balaban J connectivity index is 1.50. The van der Waals surface area contributed by atoms with Gasteiger partial charge in [0.05, 0.1) is 18.5 Å². The molecule has 0 aliphatic carbocycles. The van der Waals surface area contributed by atoms with Crippen LogP contribution in [-0.2, 0) is 4.74 Å². The van der Waals surface area contributed by atoms with Gasteiger partial charge in [0.25, 0.3) is 0 Å². The van der Waals surface area contributed by atoms with Crippen LogP contribution in [0.15, 0.2) is 84.9 Å². The molecule has 6 heteroatoms. The number of nitrogens with zero attached hydrogens (tertiary/aromatic N) is 1. The molecule has 0 atom stereocenters. The van der Waals surface area contributed by atoms with Crippen LogP contribution < -0.4 is 20.9 Å². The highest BCUT2D eigenvalue weighted by Gasteiger charge is 2.07. The van der Waals surface area contributed by atoms with Gasteiger partial charge >= 0.3 is 6.09 Å². The summed E-state index contributed by atoms with van der Waals surface area (Å²) in [6.07, 6.45) is 3.17. The van der Waals surface area contributed by atoms with Crippen molar-refractivity contribution in [3.8, 4) is 5.75 Å². The first kappa shape index (κ1) is 20.0. The van der Waals surface area contributed by atoms with Gasteiger partial charge in [-0.25, -0.2) is 10.6 Å². The molecule has 3 N–H and O–H groups in total. The number of nitrogens with one attached hydrogen (secondary N) is 1. The van der Waals surface area contributed by atoms with Gasteiger partial charge in [0, 0.05) is 5.69 Å². The Morgan fingerprint density at radius 1 is 0.966 bits per heavy atom. The number of benzene rings is 3. The van der Waals surface area contributed by atoms with E-state index in [0.717, 1.165) is 22.7 Å². The monoisotopic (exact) mass is 389 g/mol. The van der Waals surface area contributed by atoms with Crippen LogP contribution in [-0.4, -0.2) is 19.8 Å². The van der Waals surface area contributed by atoms with Crippen molar-refractivity contribution < 1.29 is 14.3 Å². The molecule has 0 fully saturated rings. The standard InChI is InChI=1S/C23H23N3O3/c1-28-22-15-13-21(14-16-22)26(24)20-11-9-19(10-12-20)25-23(27)29-17-5-8-18-6-3-2-4-7-18/h2-16H,17,24H2,1H3,(H,25,27)/b8-5+. The molecule has 0 aromatic heterocycles. The van der Waals surface area contributed by atoms with Gasteiger partial charge in [-0.2, -0.15) is 0 Å². The van der Waals surface area contributed by atoms with Crippen LogP contribution in [0.5, 0.6) is 5.75 Å². The molecule has 6 nitrogen and oxygen atoms in total. The number of hydrogen-bond donors (Lipinski definition) is 2. The lowest BCUT2D eigenvalue weighted by Gasteiger charge is -2.19. The Hall–Kier alpha value is -3.77. The molecule has 0 radical (unpaired) electrons. The molecule has 0 unspecified atom stereocenters. The normalized spacial score (nSPS) is 10.6. The summed E-state index contributed by atoms with van der Waals surface area (Å²) < 4.78 is 10.3. The highest BCUT2D eigenvalue weighted by Crippen LogP contribution is 2.25. The summed E-state index contributed by atoms with van der Waals surface area (Å²) >= 11 is 0. The van der Waals surface area contributed by atoms with E-state index in [0.29, 0.717) is 5.69 Å². The van der Waals surface area contributed by atoms with E-state index in [1.54, 1.807) is 30.3 Å². The number of hydrazine groups is 1. The fraction of sp³-hybridized carbons (Fsp3) is 0.0870. The van der Waals surface area contributed by atoms with Gasteiger partial charge in [-0.15, -0.1) is 0 Å². The van der Waals surface area contributed by atoms with Crippen LogP contribution in [0.2, 0.25) is 0 Å². The Morgan fingerprint density at radius 3 is 2.21 bits per heavy atom. The number of anilines is 3. The second-order valence-corrected chi connectivity index (χ2v) is 6.15. The summed E-state index contributed by atoms with van der Waals surface area (Å²) in [5.74, 6) is 6.92. The average molecular weight is 389 g/mol. The molecule has 3 aromatic carbocycles. The van der Waals surface area contributed by atoms with Crippen LogP contribution in [0.4, 0.5) is 21.9 Å². The minimum Gasteiger partial charge on any atom is -0.497 e. The highest BCUT2D eigenvalue weighted by atomic mass is 16.5. The van der Waals surface area contributed by atoms with Crippen molar-refractivity contribution in [2.75, 3.05) is 24.0 Å². The van der Waals surface area contributed by atoms with Crippen molar-refractivity contribution in [1.29, 1.82) is 0 Å². The van der Waals surface area contributed by atoms with E-state index in [1.165, 1.54) is 0 Å². The topological polar surface area (TPSA) is 76.8 Å². The second kappa shape index (κ2) is 9.96. The molecule has 0 saturated heterocycles. The predicted molar refractivity (Wildman–Crippen MR) is 116 cm³/mol. The lowest BCUT2D eigenvalue weighted by molar-refractivity contribution is 0.174. The molecular formula is C23H23N3O3. The Morgan fingerprint density at radius 2 is 1.59 bits per heavy atom. The van der Waals surface area contributed by atoms with Crippen LogP contribution >= 0.6 is 0 Å². The smallest absolute Gasteiger partial charge is 0.411 e. The molecule has 0 bridgehead atoms. The van der Waals surface area contributed by atoms with Crippen molar-refractivity contribution in [3.63, 3.8) is 0 Å². The molecule has 0 heterocycles. The van der Waals surface area contributed by atoms with Crippen LogP contribution in [0.1, 0.15) is 5.56 Å². The maximum Gasteiger partial charge on any atom is 0.411 e. The maximum atomic E-state index is 11.9. The molecule has 1 amide bonds. The SMILES string of the molecule is COc1ccc(N(N)c2ccc(NC(=O)OC/C=C/c3ccccc3)cc2)cc1. The third-order valence-corrected chi connectivity index (χ3v) is 4.16. The number of nitrogens with two attached hydrogens (primary N) is 1. The van der Waals surface area contributed by atoms with E-state index in [1.807, 2.05) is 72.8 Å². The van der Waals surface area contributed by atoms with E-state index in [-0.39, 0.29) is 6.61 Å². The molecule has 0 aliphatic heterocycles. The number of carbonyl (C=O) groups is 1. The molecule has 3 aromatic rings. The molecule has 29 heavy (non-hydrogen) atoms. The van der Waals surface area contributed by atoms with Gasteiger partial charge in [0.1, 0.15) is 12.4 Å². The highest BCUT2D eigenvalue weighted by molar-refractivity contribution is 5.85. The molecular weight excluding hydrogens is 366 g/mol. The summed E-state index contributed by atoms with van der Waals surface area (Å²) in [7, 11) is 1.62. The zero-order valence-corrected chi connectivity index (χ0v) is 16.1. The van der Waals surface area contributed by atoms with Crippen LogP contribution in [0.3, 0.4) is 0 Å². The fourth-order valence-corrected chi connectivity index (χ4v) is 2.62. The largest absolute Gasteiger partial charge is 0.497 e. The molecule has 0 aliphatic rings. The van der Waals surface area contributed by atoms with Crippen LogP contribution in [0.25, 0.3) is 6.08 Å². The Labute approximate surface area is 170 Å². The lowest BCUT2D eigenvalue weighted by Crippen LogP contribution is -2.24. The van der Waals surface area contributed by atoms with Crippen molar-refractivity contribution in [3.05, 3.63) is 90.5 Å². The first-order valence-electron chi connectivity index (χ1n) is 9.10. The zero-order chi connectivity index (χ0) is 20.5. The van der Waals surface area contributed by atoms with Gasteiger partial charge in [-0.3, -0.25) is 10.3 Å². The second-order valence-electron chi connectivity index (χ2n) is 6.15.